The van der Waals surface area contributed by atoms with Crippen molar-refractivity contribution in [2.24, 2.45) is 0 Å². The van der Waals surface area contributed by atoms with Gasteiger partial charge >= 0.3 is 0 Å². The summed E-state index contributed by atoms with van der Waals surface area (Å²) in [6.07, 6.45) is 6.21. The van der Waals surface area contributed by atoms with Gasteiger partial charge in [-0.2, -0.15) is 5.10 Å². The van der Waals surface area contributed by atoms with Crippen LogP contribution < -0.4 is 16.4 Å². The molecule has 0 radical (unpaired) electrons. The first-order valence-electron chi connectivity index (χ1n) is 10.8. The SMILES string of the molecule is CCn1nc(C(=O)NNC(=O)c2ccc(C3CCCCC3)cc2)c2ccccc2c1=O. The van der Waals surface area contributed by atoms with Crippen molar-refractivity contribution in [3.63, 3.8) is 0 Å². The van der Waals surface area contributed by atoms with E-state index in [1.165, 1.54) is 42.3 Å². The minimum Gasteiger partial charge on any atom is -0.267 e. The van der Waals surface area contributed by atoms with Crippen molar-refractivity contribution < 1.29 is 9.59 Å². The van der Waals surface area contributed by atoms with Gasteiger partial charge in [-0.3, -0.25) is 25.2 Å². The molecular formula is C24H26N4O3. The average molecular weight is 418 g/mol. The third-order valence-electron chi connectivity index (χ3n) is 5.92. The lowest BCUT2D eigenvalue weighted by atomic mass is 9.84. The molecular weight excluding hydrogens is 392 g/mol. The molecule has 0 atom stereocenters. The van der Waals surface area contributed by atoms with Gasteiger partial charge in [0.25, 0.3) is 17.4 Å². The molecule has 7 heteroatoms. The molecule has 1 saturated carbocycles. The van der Waals surface area contributed by atoms with Crippen molar-refractivity contribution in [3.05, 3.63) is 75.7 Å². The number of nitrogens with zero attached hydrogens (tertiary/aromatic N) is 2. The molecule has 3 aromatic rings. The molecule has 1 aromatic heterocycles. The highest BCUT2D eigenvalue weighted by atomic mass is 16.2. The Kier molecular flexibility index (Phi) is 6.11. The molecule has 0 unspecified atom stereocenters. The summed E-state index contributed by atoms with van der Waals surface area (Å²) in [5.74, 6) is -0.415. The number of carbonyl (C=O) groups excluding carboxylic acids is 2. The van der Waals surface area contributed by atoms with E-state index in [1.54, 1.807) is 43.3 Å². The highest BCUT2D eigenvalue weighted by molar-refractivity contribution is 6.06. The van der Waals surface area contributed by atoms with Crippen LogP contribution in [0.1, 0.15) is 71.4 Å². The number of amides is 2. The molecule has 0 aliphatic heterocycles. The van der Waals surface area contributed by atoms with E-state index in [9.17, 15) is 14.4 Å². The monoisotopic (exact) mass is 418 g/mol. The maximum absolute atomic E-state index is 12.7. The fraction of sp³-hybridized carbons (Fsp3) is 0.333. The first-order chi connectivity index (χ1) is 15.1. The molecule has 31 heavy (non-hydrogen) atoms. The van der Waals surface area contributed by atoms with Crippen molar-refractivity contribution in [2.45, 2.75) is 51.5 Å². The Morgan fingerprint density at radius 2 is 1.58 bits per heavy atom. The Morgan fingerprint density at radius 3 is 2.26 bits per heavy atom. The van der Waals surface area contributed by atoms with Crippen LogP contribution in [0.15, 0.2) is 53.3 Å². The van der Waals surface area contributed by atoms with Gasteiger partial charge in [0, 0.05) is 17.5 Å². The minimum absolute atomic E-state index is 0.0880. The number of fused-ring (bicyclic) bond motifs is 1. The number of aryl methyl sites for hydroxylation is 1. The van der Waals surface area contributed by atoms with Crippen LogP contribution in [-0.2, 0) is 6.54 Å². The first kappa shape index (κ1) is 20.8. The highest BCUT2D eigenvalue weighted by Crippen LogP contribution is 2.32. The second-order valence-electron chi connectivity index (χ2n) is 7.88. The number of hydrazine groups is 1. The molecule has 1 heterocycles. The summed E-state index contributed by atoms with van der Waals surface area (Å²) in [6.45, 7) is 2.12. The molecule has 1 aliphatic rings. The van der Waals surface area contributed by atoms with E-state index in [4.69, 9.17) is 0 Å². The average Bonchev–Trinajstić information content (AvgIpc) is 2.83. The molecule has 4 rings (SSSR count). The van der Waals surface area contributed by atoms with E-state index in [1.807, 2.05) is 12.1 Å². The van der Waals surface area contributed by atoms with Gasteiger partial charge in [-0.1, -0.05) is 49.6 Å². The van der Waals surface area contributed by atoms with Crippen LogP contribution >= 0.6 is 0 Å². The largest absolute Gasteiger partial charge is 0.290 e. The van der Waals surface area contributed by atoms with Gasteiger partial charge in [-0.25, -0.2) is 4.68 Å². The predicted octanol–water partition coefficient (Wildman–Crippen LogP) is 3.54. The van der Waals surface area contributed by atoms with E-state index in [2.05, 4.69) is 16.0 Å². The second-order valence-corrected chi connectivity index (χ2v) is 7.88. The fourth-order valence-corrected chi connectivity index (χ4v) is 4.20. The van der Waals surface area contributed by atoms with E-state index < -0.39 is 11.8 Å². The Labute approximate surface area is 180 Å². The van der Waals surface area contributed by atoms with Crippen molar-refractivity contribution >= 4 is 22.6 Å². The van der Waals surface area contributed by atoms with Crippen LogP contribution in [-0.4, -0.2) is 21.6 Å². The first-order valence-corrected chi connectivity index (χ1v) is 10.8. The van der Waals surface area contributed by atoms with E-state index in [0.29, 0.717) is 28.8 Å². The molecule has 0 saturated heterocycles. The number of rotatable bonds is 4. The summed E-state index contributed by atoms with van der Waals surface area (Å²) in [6, 6.07) is 14.4. The zero-order chi connectivity index (χ0) is 21.8. The van der Waals surface area contributed by atoms with Crippen LogP contribution in [0.2, 0.25) is 0 Å². The molecule has 2 amide bonds. The summed E-state index contributed by atoms with van der Waals surface area (Å²) in [5, 5.41) is 5.03. The lowest BCUT2D eigenvalue weighted by Gasteiger charge is -2.22. The van der Waals surface area contributed by atoms with E-state index >= 15 is 0 Å². The summed E-state index contributed by atoms with van der Waals surface area (Å²) < 4.78 is 1.24. The van der Waals surface area contributed by atoms with Crippen molar-refractivity contribution in [1.82, 2.24) is 20.6 Å². The van der Waals surface area contributed by atoms with Gasteiger partial charge in [0.1, 0.15) is 0 Å². The van der Waals surface area contributed by atoms with Gasteiger partial charge in [-0.15, -0.1) is 0 Å². The number of hydrogen-bond donors (Lipinski definition) is 2. The number of carbonyl (C=O) groups is 2. The lowest BCUT2D eigenvalue weighted by molar-refractivity contribution is 0.0843. The molecule has 0 bridgehead atoms. The van der Waals surface area contributed by atoms with Crippen LogP contribution in [0, 0.1) is 0 Å². The zero-order valence-corrected chi connectivity index (χ0v) is 17.6. The standard InChI is InChI=1S/C24H26N4O3/c1-2-28-24(31)20-11-7-6-10-19(20)21(27-28)23(30)26-25-22(29)18-14-12-17(13-15-18)16-8-4-3-5-9-16/h6-7,10-16H,2-5,8-9H2,1H3,(H,25,29)(H,26,30). The maximum Gasteiger partial charge on any atom is 0.290 e. The van der Waals surface area contributed by atoms with E-state index in [-0.39, 0.29) is 11.3 Å². The van der Waals surface area contributed by atoms with Crippen LogP contribution in [0.3, 0.4) is 0 Å². The number of hydrogen-bond acceptors (Lipinski definition) is 4. The zero-order valence-electron chi connectivity index (χ0n) is 17.6. The van der Waals surface area contributed by atoms with Crippen molar-refractivity contribution in [1.29, 1.82) is 0 Å². The van der Waals surface area contributed by atoms with Crippen LogP contribution in [0.25, 0.3) is 10.8 Å². The fourth-order valence-electron chi connectivity index (χ4n) is 4.20. The molecule has 0 spiro atoms. The number of aromatic nitrogens is 2. The Balaban J connectivity index is 1.47. The summed E-state index contributed by atoms with van der Waals surface area (Å²) in [5.41, 5.74) is 6.43. The Hall–Kier alpha value is -3.48. The Morgan fingerprint density at radius 1 is 0.935 bits per heavy atom. The highest BCUT2D eigenvalue weighted by Gasteiger charge is 2.18. The molecule has 2 aromatic carbocycles. The summed E-state index contributed by atoms with van der Waals surface area (Å²) in [7, 11) is 0. The van der Waals surface area contributed by atoms with Gasteiger partial charge in [0.05, 0.1) is 5.39 Å². The smallest absolute Gasteiger partial charge is 0.267 e. The number of nitrogens with one attached hydrogen (secondary N) is 2. The summed E-state index contributed by atoms with van der Waals surface area (Å²) in [4.78, 5) is 37.7. The van der Waals surface area contributed by atoms with Gasteiger partial charge < -0.3 is 0 Å². The van der Waals surface area contributed by atoms with Crippen LogP contribution in [0.4, 0.5) is 0 Å². The van der Waals surface area contributed by atoms with Crippen molar-refractivity contribution in [2.75, 3.05) is 0 Å². The predicted molar refractivity (Wildman–Crippen MR) is 119 cm³/mol. The third-order valence-corrected chi connectivity index (χ3v) is 5.92. The van der Waals surface area contributed by atoms with Gasteiger partial charge in [-0.05, 0) is 49.4 Å². The van der Waals surface area contributed by atoms with Gasteiger partial charge in [0.15, 0.2) is 5.69 Å². The molecule has 1 aliphatic carbocycles. The third kappa shape index (κ3) is 4.35. The minimum atomic E-state index is -0.578. The molecule has 160 valence electrons. The topological polar surface area (TPSA) is 93.1 Å². The molecule has 2 N–H and O–H groups in total. The normalized spacial score (nSPS) is 14.4. The summed E-state index contributed by atoms with van der Waals surface area (Å²) >= 11 is 0. The van der Waals surface area contributed by atoms with Gasteiger partial charge in [0.2, 0.25) is 0 Å². The van der Waals surface area contributed by atoms with Crippen LogP contribution in [0.5, 0.6) is 0 Å². The Bertz CT molecular complexity index is 1160. The van der Waals surface area contributed by atoms with Crippen molar-refractivity contribution in [3.8, 4) is 0 Å². The quantitative estimate of drug-likeness (QED) is 0.634. The molecule has 1 fully saturated rings. The number of benzene rings is 2. The lowest BCUT2D eigenvalue weighted by Crippen LogP contribution is -2.42. The molecule has 7 nitrogen and oxygen atoms in total. The maximum atomic E-state index is 12.7. The van der Waals surface area contributed by atoms with E-state index in [0.717, 1.165) is 0 Å². The second kappa shape index (κ2) is 9.12.